The maximum Gasteiger partial charge on any atom is 0.306 e. The highest BCUT2D eigenvalue weighted by Gasteiger charge is 2.37. The van der Waals surface area contributed by atoms with Crippen LogP contribution in [0, 0.1) is 0 Å². The van der Waals surface area contributed by atoms with Crippen LogP contribution >= 0.6 is 0 Å². The van der Waals surface area contributed by atoms with E-state index in [1.54, 1.807) is 36.1 Å². The summed E-state index contributed by atoms with van der Waals surface area (Å²) in [6.45, 7) is 2.19. The number of aromatic hydroxyl groups is 1. The Morgan fingerprint density at radius 1 is 1.40 bits per heavy atom. The number of carboxylic acids is 1. The van der Waals surface area contributed by atoms with Crippen molar-refractivity contribution in [3.8, 4) is 5.75 Å². The van der Waals surface area contributed by atoms with Crippen LogP contribution in [0.5, 0.6) is 5.75 Å². The molecule has 6 nitrogen and oxygen atoms in total. The first-order valence-electron chi connectivity index (χ1n) is 6.29. The predicted molar refractivity (Wildman–Crippen MR) is 70.1 cm³/mol. The van der Waals surface area contributed by atoms with Gasteiger partial charge in [0.25, 0.3) is 0 Å². The highest BCUT2D eigenvalue weighted by atomic mass is 16.5. The summed E-state index contributed by atoms with van der Waals surface area (Å²) in [6, 6.07) is 6.56. The van der Waals surface area contributed by atoms with Gasteiger partial charge in [0.2, 0.25) is 5.91 Å². The Kier molecular flexibility index (Phi) is 3.94. The monoisotopic (exact) mass is 279 g/mol. The molecule has 20 heavy (non-hydrogen) atoms. The molecule has 0 aliphatic carbocycles. The van der Waals surface area contributed by atoms with Crippen molar-refractivity contribution in [3.05, 3.63) is 29.8 Å². The molecular formula is C14H17NO5. The fourth-order valence-electron chi connectivity index (χ4n) is 2.26. The number of carboxylic acid groups (broad SMARTS) is 1. The van der Waals surface area contributed by atoms with Gasteiger partial charge >= 0.3 is 5.97 Å². The largest absolute Gasteiger partial charge is 0.508 e. The lowest BCUT2D eigenvalue weighted by molar-refractivity contribution is -0.169. The van der Waals surface area contributed by atoms with Gasteiger partial charge in [-0.3, -0.25) is 9.59 Å². The zero-order valence-corrected chi connectivity index (χ0v) is 11.2. The van der Waals surface area contributed by atoms with Crippen LogP contribution in [0.3, 0.4) is 0 Å². The number of hydrogen-bond donors (Lipinski definition) is 2. The number of hydrogen-bond acceptors (Lipinski definition) is 4. The summed E-state index contributed by atoms with van der Waals surface area (Å²) >= 11 is 0. The first-order valence-corrected chi connectivity index (χ1v) is 6.29. The van der Waals surface area contributed by atoms with E-state index >= 15 is 0 Å². The number of rotatable bonds is 4. The van der Waals surface area contributed by atoms with Crippen LogP contribution in [0.4, 0.5) is 0 Å². The van der Waals surface area contributed by atoms with Crippen molar-refractivity contribution in [2.75, 3.05) is 13.2 Å². The normalized spacial score (nSPS) is 22.9. The van der Waals surface area contributed by atoms with Crippen LogP contribution in [0.1, 0.15) is 18.9 Å². The van der Waals surface area contributed by atoms with Gasteiger partial charge in [-0.1, -0.05) is 12.1 Å². The molecular weight excluding hydrogens is 262 g/mol. The molecule has 1 aromatic rings. The lowest BCUT2D eigenvalue weighted by Gasteiger charge is -2.39. The number of ether oxygens (including phenoxy) is 1. The molecule has 1 atom stereocenters. The number of aliphatic carboxylic acids is 1. The van der Waals surface area contributed by atoms with Gasteiger partial charge in [0.1, 0.15) is 12.4 Å². The van der Waals surface area contributed by atoms with Gasteiger partial charge in [0, 0.05) is 6.54 Å². The van der Waals surface area contributed by atoms with Crippen molar-refractivity contribution < 1.29 is 24.5 Å². The van der Waals surface area contributed by atoms with Crippen LogP contribution < -0.4 is 0 Å². The minimum absolute atomic E-state index is 0.109. The number of nitrogens with zero attached hydrogens (tertiary/aromatic N) is 1. The van der Waals surface area contributed by atoms with Gasteiger partial charge in [-0.15, -0.1) is 0 Å². The second-order valence-corrected chi connectivity index (χ2v) is 5.23. The van der Waals surface area contributed by atoms with Crippen LogP contribution in [-0.2, 0) is 20.9 Å². The molecule has 108 valence electrons. The van der Waals surface area contributed by atoms with Crippen LogP contribution in [0.25, 0.3) is 0 Å². The first kappa shape index (κ1) is 14.3. The van der Waals surface area contributed by atoms with Gasteiger partial charge < -0.3 is 19.8 Å². The van der Waals surface area contributed by atoms with Crippen LogP contribution in [0.2, 0.25) is 0 Å². The van der Waals surface area contributed by atoms with Crippen molar-refractivity contribution in [2.45, 2.75) is 25.5 Å². The predicted octanol–water partition coefficient (Wildman–Crippen LogP) is 0.984. The van der Waals surface area contributed by atoms with Crippen LogP contribution in [-0.4, -0.2) is 45.7 Å². The molecule has 1 fully saturated rings. The molecule has 2 N–H and O–H groups in total. The molecule has 0 radical (unpaired) electrons. The summed E-state index contributed by atoms with van der Waals surface area (Å²) in [5.41, 5.74) is 0.00662. The second-order valence-electron chi connectivity index (χ2n) is 5.23. The maximum atomic E-state index is 11.8. The van der Waals surface area contributed by atoms with E-state index in [0.29, 0.717) is 6.54 Å². The Balaban J connectivity index is 2.07. The molecule has 0 saturated carbocycles. The molecule has 1 heterocycles. The molecule has 2 rings (SSSR count). The van der Waals surface area contributed by atoms with E-state index in [4.69, 9.17) is 9.84 Å². The zero-order valence-electron chi connectivity index (χ0n) is 11.2. The molecule has 1 aliphatic heterocycles. The summed E-state index contributed by atoms with van der Waals surface area (Å²) < 4.78 is 5.36. The SMILES string of the molecule is CC1(CC(=O)O)CN(Cc2ccc(O)cc2)C(=O)CO1. The topological polar surface area (TPSA) is 87.1 Å². The van der Waals surface area contributed by atoms with Crippen molar-refractivity contribution in [1.29, 1.82) is 0 Å². The summed E-state index contributed by atoms with van der Waals surface area (Å²) in [6.07, 6.45) is -0.146. The van der Waals surface area contributed by atoms with E-state index in [2.05, 4.69) is 0 Å². The van der Waals surface area contributed by atoms with Gasteiger partial charge in [-0.2, -0.15) is 0 Å². The van der Waals surface area contributed by atoms with Crippen molar-refractivity contribution in [1.82, 2.24) is 4.90 Å². The summed E-state index contributed by atoms with van der Waals surface area (Å²) in [7, 11) is 0. The smallest absolute Gasteiger partial charge is 0.306 e. The maximum absolute atomic E-state index is 11.8. The third kappa shape index (κ3) is 3.48. The summed E-state index contributed by atoms with van der Waals surface area (Å²) in [5.74, 6) is -0.954. The molecule has 1 unspecified atom stereocenters. The number of morpholine rings is 1. The molecule has 1 saturated heterocycles. The molecule has 1 aromatic carbocycles. The molecule has 6 heteroatoms. The van der Waals surface area contributed by atoms with Crippen LogP contribution in [0.15, 0.2) is 24.3 Å². The molecule has 1 aliphatic rings. The Hall–Kier alpha value is -2.08. The number of amides is 1. The zero-order chi connectivity index (χ0) is 14.8. The molecule has 1 amide bonds. The molecule has 0 spiro atoms. The van der Waals surface area contributed by atoms with E-state index in [0.717, 1.165) is 5.56 Å². The fraction of sp³-hybridized carbons (Fsp3) is 0.429. The standard InChI is InChI=1S/C14H17NO5/c1-14(6-13(18)19)9-15(12(17)8-20-14)7-10-2-4-11(16)5-3-10/h2-5,16H,6-9H2,1H3,(H,18,19). The van der Waals surface area contributed by atoms with E-state index in [9.17, 15) is 14.7 Å². The van der Waals surface area contributed by atoms with E-state index < -0.39 is 11.6 Å². The molecule has 0 aromatic heterocycles. The number of phenolic OH excluding ortho intramolecular Hbond substituents is 1. The average Bonchev–Trinajstić information content (AvgIpc) is 2.36. The Morgan fingerprint density at radius 2 is 2.05 bits per heavy atom. The molecule has 0 bridgehead atoms. The van der Waals surface area contributed by atoms with E-state index in [-0.39, 0.29) is 31.2 Å². The fourth-order valence-corrected chi connectivity index (χ4v) is 2.26. The van der Waals surface area contributed by atoms with E-state index in [1.165, 1.54) is 0 Å². The number of carbonyl (C=O) groups excluding carboxylic acids is 1. The first-order chi connectivity index (χ1) is 9.38. The number of benzene rings is 1. The van der Waals surface area contributed by atoms with Gasteiger partial charge in [-0.05, 0) is 24.6 Å². The van der Waals surface area contributed by atoms with Gasteiger partial charge in [-0.25, -0.2) is 0 Å². The Bertz CT molecular complexity index is 513. The number of carbonyl (C=O) groups is 2. The van der Waals surface area contributed by atoms with Crippen molar-refractivity contribution in [2.24, 2.45) is 0 Å². The number of phenols is 1. The quantitative estimate of drug-likeness (QED) is 0.858. The summed E-state index contributed by atoms with van der Waals surface area (Å²) in [5, 5.41) is 18.1. The van der Waals surface area contributed by atoms with Gasteiger partial charge in [0.15, 0.2) is 0 Å². The Labute approximate surface area is 116 Å². The lowest BCUT2D eigenvalue weighted by atomic mass is 9.99. The summed E-state index contributed by atoms with van der Waals surface area (Å²) in [4.78, 5) is 24.3. The lowest BCUT2D eigenvalue weighted by Crippen LogP contribution is -2.53. The highest BCUT2D eigenvalue weighted by Crippen LogP contribution is 2.24. The van der Waals surface area contributed by atoms with Gasteiger partial charge in [0.05, 0.1) is 18.6 Å². The Morgan fingerprint density at radius 3 is 2.65 bits per heavy atom. The minimum Gasteiger partial charge on any atom is -0.508 e. The van der Waals surface area contributed by atoms with Crippen molar-refractivity contribution in [3.63, 3.8) is 0 Å². The third-order valence-corrected chi connectivity index (χ3v) is 3.26. The average molecular weight is 279 g/mol. The third-order valence-electron chi connectivity index (χ3n) is 3.26. The van der Waals surface area contributed by atoms with E-state index in [1.807, 2.05) is 0 Å². The minimum atomic E-state index is -0.952. The van der Waals surface area contributed by atoms with Crippen molar-refractivity contribution >= 4 is 11.9 Å². The second kappa shape index (κ2) is 5.50. The highest BCUT2D eigenvalue weighted by molar-refractivity contribution is 5.79.